The number of ether oxygens (including phenoxy) is 1. The summed E-state index contributed by atoms with van der Waals surface area (Å²) in [6, 6.07) is 0.204. The third kappa shape index (κ3) is 3.01. The number of carbonyl (C=O) groups excluding carboxylic acids is 1. The Hall–Kier alpha value is -0.610. The number of fused-ring (bicyclic) bond motifs is 2. The van der Waals surface area contributed by atoms with Gasteiger partial charge in [-0.15, -0.1) is 0 Å². The summed E-state index contributed by atoms with van der Waals surface area (Å²) in [6.45, 7) is 5.24. The molecule has 1 aliphatic heterocycles. The lowest BCUT2D eigenvalue weighted by molar-refractivity contribution is -0.125. The van der Waals surface area contributed by atoms with Gasteiger partial charge in [0.15, 0.2) is 0 Å². The molecule has 0 radical (unpaired) electrons. The first-order valence-corrected chi connectivity index (χ1v) is 8.36. The van der Waals surface area contributed by atoms with Crippen LogP contribution in [0.25, 0.3) is 0 Å². The predicted molar refractivity (Wildman–Crippen MR) is 78.3 cm³/mol. The van der Waals surface area contributed by atoms with Gasteiger partial charge in [0, 0.05) is 12.6 Å². The van der Waals surface area contributed by atoms with Gasteiger partial charge >= 0.3 is 0 Å². The van der Waals surface area contributed by atoms with E-state index in [1.54, 1.807) is 0 Å². The van der Waals surface area contributed by atoms with Crippen molar-refractivity contribution >= 4 is 5.91 Å². The minimum atomic E-state index is 0.000130. The average Bonchev–Trinajstić information content (AvgIpc) is 3.17. The second-order valence-corrected chi connectivity index (χ2v) is 6.88. The SMILES string of the molecule is CCCNC1COCC1C(=O)NCC1CC2CCC1C2. The Labute approximate surface area is 122 Å². The van der Waals surface area contributed by atoms with E-state index in [4.69, 9.17) is 4.74 Å². The van der Waals surface area contributed by atoms with Gasteiger partial charge < -0.3 is 15.4 Å². The number of nitrogens with one attached hydrogen (secondary N) is 2. The standard InChI is InChI=1S/C16H28N2O2/c1-2-5-17-15-10-20-9-14(15)16(19)18-8-13-7-11-3-4-12(13)6-11/h11-15,17H,2-10H2,1H3,(H,18,19). The summed E-state index contributed by atoms with van der Waals surface area (Å²) in [5.74, 6) is 2.77. The van der Waals surface area contributed by atoms with Crippen LogP contribution in [0.5, 0.6) is 0 Å². The molecular weight excluding hydrogens is 252 g/mol. The molecule has 0 aromatic heterocycles. The molecule has 3 fully saturated rings. The van der Waals surface area contributed by atoms with E-state index in [0.717, 1.165) is 37.3 Å². The summed E-state index contributed by atoms with van der Waals surface area (Å²) in [5, 5.41) is 6.63. The van der Waals surface area contributed by atoms with E-state index >= 15 is 0 Å². The minimum absolute atomic E-state index is 0.000130. The molecule has 114 valence electrons. The van der Waals surface area contributed by atoms with Crippen LogP contribution in [0.4, 0.5) is 0 Å². The number of amides is 1. The molecule has 2 aliphatic carbocycles. The molecular formula is C16H28N2O2. The quantitative estimate of drug-likeness (QED) is 0.776. The third-order valence-electron chi connectivity index (χ3n) is 5.50. The van der Waals surface area contributed by atoms with E-state index < -0.39 is 0 Å². The van der Waals surface area contributed by atoms with Crippen LogP contribution in [0.1, 0.15) is 39.0 Å². The molecule has 3 aliphatic rings. The van der Waals surface area contributed by atoms with Crippen molar-refractivity contribution in [3.8, 4) is 0 Å². The molecule has 0 aromatic carbocycles. The molecule has 2 bridgehead atoms. The van der Waals surface area contributed by atoms with Crippen LogP contribution in [0, 0.1) is 23.7 Å². The maximum atomic E-state index is 12.4. The van der Waals surface area contributed by atoms with Crippen LogP contribution in [-0.2, 0) is 9.53 Å². The van der Waals surface area contributed by atoms with Crippen molar-refractivity contribution in [2.45, 2.75) is 45.1 Å². The molecule has 5 atom stereocenters. The van der Waals surface area contributed by atoms with Gasteiger partial charge in [-0.3, -0.25) is 4.79 Å². The average molecular weight is 280 g/mol. The monoisotopic (exact) mass is 280 g/mol. The molecule has 1 amide bonds. The molecule has 1 heterocycles. The van der Waals surface area contributed by atoms with Crippen molar-refractivity contribution < 1.29 is 9.53 Å². The third-order valence-corrected chi connectivity index (χ3v) is 5.50. The molecule has 3 rings (SSSR count). The van der Waals surface area contributed by atoms with Crippen LogP contribution < -0.4 is 10.6 Å². The Morgan fingerprint density at radius 2 is 2.15 bits per heavy atom. The Morgan fingerprint density at radius 1 is 1.25 bits per heavy atom. The zero-order valence-corrected chi connectivity index (χ0v) is 12.6. The van der Waals surface area contributed by atoms with Gasteiger partial charge in [-0.05, 0) is 50.0 Å². The van der Waals surface area contributed by atoms with Crippen LogP contribution >= 0.6 is 0 Å². The Kier molecular flexibility index (Phi) is 4.61. The lowest BCUT2D eigenvalue weighted by Crippen LogP contribution is -2.45. The molecule has 4 heteroatoms. The first-order chi connectivity index (χ1) is 9.78. The van der Waals surface area contributed by atoms with Crippen molar-refractivity contribution in [1.82, 2.24) is 10.6 Å². The highest BCUT2D eigenvalue weighted by Gasteiger charge is 2.40. The fourth-order valence-corrected chi connectivity index (χ4v) is 4.33. The molecule has 2 N–H and O–H groups in total. The topological polar surface area (TPSA) is 50.4 Å². The largest absolute Gasteiger partial charge is 0.379 e. The first-order valence-electron chi connectivity index (χ1n) is 8.36. The van der Waals surface area contributed by atoms with Gasteiger partial charge in [0.25, 0.3) is 0 Å². The summed E-state index contributed by atoms with van der Waals surface area (Å²) in [7, 11) is 0. The van der Waals surface area contributed by atoms with Gasteiger partial charge in [0.05, 0.1) is 19.1 Å². The van der Waals surface area contributed by atoms with Gasteiger partial charge in [-0.1, -0.05) is 13.3 Å². The Morgan fingerprint density at radius 3 is 2.85 bits per heavy atom. The molecule has 20 heavy (non-hydrogen) atoms. The second-order valence-electron chi connectivity index (χ2n) is 6.88. The summed E-state index contributed by atoms with van der Waals surface area (Å²) in [5.41, 5.74) is 0. The fourth-order valence-electron chi connectivity index (χ4n) is 4.33. The summed E-state index contributed by atoms with van der Waals surface area (Å²) >= 11 is 0. The summed E-state index contributed by atoms with van der Waals surface area (Å²) in [4.78, 5) is 12.4. The molecule has 1 saturated heterocycles. The lowest BCUT2D eigenvalue weighted by Gasteiger charge is -2.24. The molecule has 5 unspecified atom stereocenters. The minimum Gasteiger partial charge on any atom is -0.379 e. The maximum Gasteiger partial charge on any atom is 0.227 e. The zero-order chi connectivity index (χ0) is 13.9. The molecule has 0 spiro atoms. The highest BCUT2D eigenvalue weighted by Crippen LogP contribution is 2.47. The molecule has 0 aromatic rings. The Balaban J connectivity index is 1.44. The summed E-state index contributed by atoms with van der Waals surface area (Å²) in [6.07, 6.45) is 6.65. The second kappa shape index (κ2) is 6.44. The van der Waals surface area contributed by atoms with Crippen molar-refractivity contribution in [3.05, 3.63) is 0 Å². The fraction of sp³-hybridized carbons (Fsp3) is 0.938. The van der Waals surface area contributed by atoms with Crippen molar-refractivity contribution in [2.75, 3.05) is 26.3 Å². The van der Waals surface area contributed by atoms with Gasteiger partial charge in [-0.2, -0.15) is 0 Å². The molecule has 2 saturated carbocycles. The molecule has 4 nitrogen and oxygen atoms in total. The van der Waals surface area contributed by atoms with E-state index in [-0.39, 0.29) is 17.9 Å². The highest BCUT2D eigenvalue weighted by atomic mass is 16.5. The van der Waals surface area contributed by atoms with Crippen LogP contribution in [0.3, 0.4) is 0 Å². The van der Waals surface area contributed by atoms with Crippen molar-refractivity contribution in [1.29, 1.82) is 0 Å². The van der Waals surface area contributed by atoms with Gasteiger partial charge in [-0.25, -0.2) is 0 Å². The van der Waals surface area contributed by atoms with Crippen molar-refractivity contribution in [2.24, 2.45) is 23.7 Å². The van der Waals surface area contributed by atoms with Crippen molar-refractivity contribution in [3.63, 3.8) is 0 Å². The van der Waals surface area contributed by atoms with E-state index in [1.807, 2.05) is 0 Å². The number of rotatable bonds is 6. The van der Waals surface area contributed by atoms with Gasteiger partial charge in [0.1, 0.15) is 0 Å². The predicted octanol–water partition coefficient (Wildman–Crippen LogP) is 1.55. The van der Waals surface area contributed by atoms with E-state index in [0.29, 0.717) is 13.2 Å². The van der Waals surface area contributed by atoms with E-state index in [9.17, 15) is 4.79 Å². The van der Waals surface area contributed by atoms with Gasteiger partial charge in [0.2, 0.25) is 5.91 Å². The highest BCUT2D eigenvalue weighted by molar-refractivity contribution is 5.79. The first kappa shape index (κ1) is 14.3. The maximum absolute atomic E-state index is 12.4. The zero-order valence-electron chi connectivity index (χ0n) is 12.6. The number of hydrogen-bond donors (Lipinski definition) is 2. The van der Waals surface area contributed by atoms with Crippen LogP contribution in [0.2, 0.25) is 0 Å². The van der Waals surface area contributed by atoms with Crippen LogP contribution in [-0.4, -0.2) is 38.3 Å². The van der Waals surface area contributed by atoms with E-state index in [2.05, 4.69) is 17.6 Å². The Bertz CT molecular complexity index is 347. The number of hydrogen-bond acceptors (Lipinski definition) is 3. The lowest BCUT2D eigenvalue weighted by atomic mass is 9.88. The van der Waals surface area contributed by atoms with E-state index in [1.165, 1.54) is 25.7 Å². The summed E-state index contributed by atoms with van der Waals surface area (Å²) < 4.78 is 5.49. The normalized spacial score (nSPS) is 39.4. The van der Waals surface area contributed by atoms with Crippen LogP contribution in [0.15, 0.2) is 0 Å². The number of carbonyl (C=O) groups is 1. The smallest absolute Gasteiger partial charge is 0.227 e.